The second-order valence-electron chi connectivity index (χ2n) is 1.80. The number of rotatable bonds is 4. The van der Waals surface area contributed by atoms with E-state index < -0.39 is 5.91 Å². The van der Waals surface area contributed by atoms with Crippen LogP contribution >= 0.6 is 0 Å². The van der Waals surface area contributed by atoms with E-state index in [0.29, 0.717) is 0 Å². The average molecular weight is 133 g/mol. The molecular formula is C5H11NO3. The van der Waals surface area contributed by atoms with E-state index in [9.17, 15) is 4.79 Å². The summed E-state index contributed by atoms with van der Waals surface area (Å²) in [6.45, 7) is 1.46. The molecule has 0 radical (unpaired) electrons. The van der Waals surface area contributed by atoms with Crippen LogP contribution < -0.4 is 5.73 Å². The lowest BCUT2D eigenvalue weighted by atomic mass is 10.2. The van der Waals surface area contributed by atoms with Crippen molar-refractivity contribution >= 4 is 5.91 Å². The number of carbonyl (C=O) groups excluding carboxylic acids is 1. The molecule has 1 atom stereocenters. The number of aliphatic hydroxyl groups excluding tert-OH is 1. The maximum Gasteiger partial charge on any atom is 0.222 e. The van der Waals surface area contributed by atoms with Gasteiger partial charge in [-0.3, -0.25) is 4.79 Å². The number of hydrogen-bond donors (Lipinski definition) is 2. The van der Waals surface area contributed by atoms with Gasteiger partial charge >= 0.3 is 0 Å². The van der Waals surface area contributed by atoms with Crippen LogP contribution in [0.4, 0.5) is 0 Å². The quantitative estimate of drug-likeness (QED) is 0.487. The molecule has 0 saturated heterocycles. The van der Waals surface area contributed by atoms with Crippen LogP contribution in [0.25, 0.3) is 0 Å². The van der Waals surface area contributed by atoms with Crippen LogP contribution in [0.2, 0.25) is 0 Å². The largest absolute Gasteiger partial charge is 0.371 e. The number of ether oxygens (including phenoxy) is 1. The molecule has 0 rings (SSSR count). The van der Waals surface area contributed by atoms with E-state index in [4.69, 9.17) is 10.8 Å². The molecule has 0 aliphatic carbocycles. The van der Waals surface area contributed by atoms with Gasteiger partial charge < -0.3 is 15.6 Å². The van der Waals surface area contributed by atoms with Crippen LogP contribution in [0.1, 0.15) is 6.92 Å². The molecule has 0 saturated carbocycles. The first kappa shape index (κ1) is 8.39. The molecule has 0 heterocycles. The first-order valence-electron chi connectivity index (χ1n) is 2.66. The van der Waals surface area contributed by atoms with E-state index in [2.05, 4.69) is 4.74 Å². The van der Waals surface area contributed by atoms with Crippen LogP contribution in [0.3, 0.4) is 0 Å². The summed E-state index contributed by atoms with van der Waals surface area (Å²) < 4.78 is 4.51. The third kappa shape index (κ3) is 3.93. The summed E-state index contributed by atoms with van der Waals surface area (Å²) in [4.78, 5) is 10.3. The summed E-state index contributed by atoms with van der Waals surface area (Å²) in [6.07, 6.45) is 0. The Morgan fingerprint density at radius 3 is 2.78 bits per heavy atom. The van der Waals surface area contributed by atoms with Gasteiger partial charge in [0.2, 0.25) is 5.91 Å². The van der Waals surface area contributed by atoms with Crippen molar-refractivity contribution in [1.82, 2.24) is 0 Å². The molecule has 0 spiro atoms. The first-order valence-corrected chi connectivity index (χ1v) is 2.66. The number of carbonyl (C=O) groups is 1. The number of hydrogen-bond acceptors (Lipinski definition) is 3. The van der Waals surface area contributed by atoms with Crippen molar-refractivity contribution in [2.24, 2.45) is 11.7 Å². The van der Waals surface area contributed by atoms with Gasteiger partial charge in [-0.1, -0.05) is 6.92 Å². The van der Waals surface area contributed by atoms with Crippen LogP contribution in [0, 0.1) is 5.92 Å². The Kier molecular flexibility index (Phi) is 4.00. The molecule has 3 N–H and O–H groups in total. The van der Waals surface area contributed by atoms with Gasteiger partial charge in [-0.25, -0.2) is 0 Å². The Balaban J connectivity index is 3.27. The molecule has 0 aromatic carbocycles. The minimum absolute atomic E-state index is 0.186. The molecule has 0 aromatic rings. The highest BCUT2D eigenvalue weighted by molar-refractivity contribution is 5.76. The van der Waals surface area contributed by atoms with E-state index in [0.717, 1.165) is 0 Å². The van der Waals surface area contributed by atoms with Gasteiger partial charge in [0.05, 0.1) is 12.5 Å². The summed E-state index contributed by atoms with van der Waals surface area (Å²) in [5.74, 6) is -0.736. The first-order chi connectivity index (χ1) is 4.18. The van der Waals surface area contributed by atoms with E-state index in [1.165, 1.54) is 0 Å². The molecule has 1 unspecified atom stereocenters. The topological polar surface area (TPSA) is 72.6 Å². The van der Waals surface area contributed by atoms with Gasteiger partial charge in [0.15, 0.2) is 0 Å². The second-order valence-corrected chi connectivity index (χ2v) is 1.80. The SMILES string of the molecule is CC(COCO)C(N)=O. The second kappa shape index (κ2) is 4.29. The summed E-state index contributed by atoms with van der Waals surface area (Å²) in [5.41, 5.74) is 4.88. The van der Waals surface area contributed by atoms with Crippen molar-refractivity contribution < 1.29 is 14.6 Å². The van der Waals surface area contributed by atoms with E-state index >= 15 is 0 Å². The van der Waals surface area contributed by atoms with Crippen LogP contribution in [-0.4, -0.2) is 24.4 Å². The zero-order chi connectivity index (χ0) is 7.28. The van der Waals surface area contributed by atoms with Gasteiger partial charge in [-0.05, 0) is 0 Å². The number of nitrogens with two attached hydrogens (primary N) is 1. The number of primary amides is 1. The van der Waals surface area contributed by atoms with Gasteiger partial charge in [-0.2, -0.15) is 0 Å². The predicted octanol–water partition coefficient (Wildman–Crippen LogP) is -0.926. The standard InChI is InChI=1S/C5H11NO3/c1-4(5(6)8)2-9-3-7/h4,7H,2-3H2,1H3,(H2,6,8). The van der Waals surface area contributed by atoms with Crippen molar-refractivity contribution in [3.05, 3.63) is 0 Å². The highest BCUT2D eigenvalue weighted by Crippen LogP contribution is 1.91. The normalized spacial score (nSPS) is 13.1. The van der Waals surface area contributed by atoms with Crippen molar-refractivity contribution in [2.45, 2.75) is 6.92 Å². The van der Waals surface area contributed by atoms with Crippen LogP contribution in [-0.2, 0) is 9.53 Å². The monoisotopic (exact) mass is 133 g/mol. The van der Waals surface area contributed by atoms with E-state index in [1.807, 2.05) is 0 Å². The predicted molar refractivity (Wildman–Crippen MR) is 31.4 cm³/mol. The average Bonchev–Trinajstić information content (AvgIpc) is 1.82. The van der Waals surface area contributed by atoms with E-state index in [1.54, 1.807) is 6.92 Å². The fourth-order valence-corrected chi connectivity index (χ4v) is 0.312. The van der Waals surface area contributed by atoms with Crippen molar-refractivity contribution in [3.63, 3.8) is 0 Å². The molecule has 0 aliphatic heterocycles. The molecule has 4 heteroatoms. The number of aliphatic hydroxyl groups is 1. The van der Waals surface area contributed by atoms with Crippen molar-refractivity contribution in [3.8, 4) is 0 Å². The molecule has 0 aromatic heterocycles. The third-order valence-electron chi connectivity index (χ3n) is 0.945. The zero-order valence-electron chi connectivity index (χ0n) is 5.33. The van der Waals surface area contributed by atoms with Crippen LogP contribution in [0.5, 0.6) is 0 Å². The van der Waals surface area contributed by atoms with Crippen LogP contribution in [0.15, 0.2) is 0 Å². The molecule has 0 bridgehead atoms. The van der Waals surface area contributed by atoms with Gasteiger partial charge in [0.25, 0.3) is 0 Å². The Morgan fingerprint density at radius 2 is 2.44 bits per heavy atom. The smallest absolute Gasteiger partial charge is 0.222 e. The summed E-state index contributed by atoms with van der Waals surface area (Å²) in [7, 11) is 0. The Morgan fingerprint density at radius 1 is 1.89 bits per heavy atom. The maximum absolute atomic E-state index is 10.3. The van der Waals surface area contributed by atoms with Crippen molar-refractivity contribution in [1.29, 1.82) is 0 Å². The van der Waals surface area contributed by atoms with Gasteiger partial charge in [-0.15, -0.1) is 0 Å². The van der Waals surface area contributed by atoms with Gasteiger partial charge in [0, 0.05) is 0 Å². The lowest BCUT2D eigenvalue weighted by Gasteiger charge is -2.04. The Bertz CT molecular complexity index is 94.2. The van der Waals surface area contributed by atoms with E-state index in [-0.39, 0.29) is 19.3 Å². The number of amides is 1. The summed E-state index contributed by atoms with van der Waals surface area (Å²) >= 11 is 0. The highest BCUT2D eigenvalue weighted by atomic mass is 16.6. The third-order valence-corrected chi connectivity index (χ3v) is 0.945. The minimum Gasteiger partial charge on any atom is -0.371 e. The maximum atomic E-state index is 10.3. The van der Waals surface area contributed by atoms with Crippen molar-refractivity contribution in [2.75, 3.05) is 13.4 Å². The fraction of sp³-hybridized carbons (Fsp3) is 0.800. The molecule has 54 valence electrons. The molecule has 1 amide bonds. The minimum atomic E-state index is -0.413. The summed E-state index contributed by atoms with van der Waals surface area (Å²) in [6, 6.07) is 0. The molecule has 9 heavy (non-hydrogen) atoms. The Hall–Kier alpha value is -0.610. The highest BCUT2D eigenvalue weighted by Gasteiger charge is 2.06. The Labute approximate surface area is 53.6 Å². The fourth-order valence-electron chi connectivity index (χ4n) is 0.312. The molecule has 4 nitrogen and oxygen atoms in total. The molecule has 0 fully saturated rings. The lowest BCUT2D eigenvalue weighted by molar-refractivity contribution is -0.124. The lowest BCUT2D eigenvalue weighted by Crippen LogP contribution is -2.24. The zero-order valence-corrected chi connectivity index (χ0v) is 5.33. The van der Waals surface area contributed by atoms with Gasteiger partial charge in [0.1, 0.15) is 6.79 Å². The molecular weight excluding hydrogens is 122 g/mol. The molecule has 0 aliphatic rings. The summed E-state index contributed by atoms with van der Waals surface area (Å²) in [5, 5.41) is 8.12.